The first kappa shape index (κ1) is 9.47. The Kier molecular flexibility index (Phi) is 2.81. The summed E-state index contributed by atoms with van der Waals surface area (Å²) in [4.78, 5) is 14.6. The number of aromatic hydroxyl groups is 1. The molecule has 0 aliphatic heterocycles. The van der Waals surface area contributed by atoms with E-state index < -0.39 is 12.0 Å². The summed E-state index contributed by atoms with van der Waals surface area (Å²) in [5, 5.41) is 20.4. The van der Waals surface area contributed by atoms with Crippen LogP contribution in [0.25, 0.3) is 0 Å². The molecule has 0 saturated carbocycles. The Morgan fingerprint density at radius 1 is 1.69 bits per heavy atom. The van der Waals surface area contributed by atoms with Crippen molar-refractivity contribution in [3.05, 3.63) is 18.5 Å². The zero-order chi connectivity index (χ0) is 9.84. The molecule has 0 bridgehead atoms. The van der Waals surface area contributed by atoms with E-state index in [1.165, 1.54) is 25.4 Å². The minimum absolute atomic E-state index is 0.128. The lowest BCUT2D eigenvalue weighted by molar-refractivity contribution is -0.123. The van der Waals surface area contributed by atoms with Crippen LogP contribution in [0.15, 0.2) is 18.5 Å². The average Bonchev–Trinajstić information content (AvgIpc) is 2.08. The van der Waals surface area contributed by atoms with E-state index in [4.69, 9.17) is 5.11 Å². The number of hydrogen-bond donors (Lipinski definition) is 3. The predicted octanol–water partition coefficient (Wildman–Crippen LogP) is 0.106. The molecule has 5 heteroatoms. The molecule has 0 saturated heterocycles. The smallest absolute Gasteiger partial charge is 0.253 e. The normalized spacial score (nSPS) is 12.2. The van der Waals surface area contributed by atoms with Gasteiger partial charge in [0, 0.05) is 6.20 Å². The summed E-state index contributed by atoms with van der Waals surface area (Å²) in [5.41, 5.74) is 0.237. The van der Waals surface area contributed by atoms with Crippen molar-refractivity contribution in [1.82, 2.24) is 4.98 Å². The van der Waals surface area contributed by atoms with Gasteiger partial charge in [-0.15, -0.1) is 0 Å². The second kappa shape index (κ2) is 3.86. The number of anilines is 1. The van der Waals surface area contributed by atoms with Gasteiger partial charge < -0.3 is 15.5 Å². The van der Waals surface area contributed by atoms with Crippen molar-refractivity contribution in [2.75, 3.05) is 5.32 Å². The molecule has 0 fully saturated rings. The highest BCUT2D eigenvalue weighted by atomic mass is 16.3. The van der Waals surface area contributed by atoms with E-state index in [-0.39, 0.29) is 11.4 Å². The molecule has 70 valence electrons. The van der Waals surface area contributed by atoms with E-state index in [2.05, 4.69) is 10.3 Å². The fourth-order valence-electron chi connectivity index (χ4n) is 0.729. The monoisotopic (exact) mass is 182 g/mol. The van der Waals surface area contributed by atoms with E-state index >= 15 is 0 Å². The van der Waals surface area contributed by atoms with Gasteiger partial charge >= 0.3 is 0 Å². The van der Waals surface area contributed by atoms with Crippen molar-refractivity contribution < 1.29 is 15.0 Å². The van der Waals surface area contributed by atoms with Crippen molar-refractivity contribution in [3.63, 3.8) is 0 Å². The Hall–Kier alpha value is -1.62. The van der Waals surface area contributed by atoms with Crippen molar-refractivity contribution in [3.8, 4) is 5.75 Å². The van der Waals surface area contributed by atoms with Gasteiger partial charge in [-0.3, -0.25) is 9.78 Å². The van der Waals surface area contributed by atoms with Gasteiger partial charge in [-0.05, 0) is 13.0 Å². The highest BCUT2D eigenvalue weighted by molar-refractivity contribution is 5.94. The van der Waals surface area contributed by atoms with Crippen LogP contribution < -0.4 is 5.32 Å². The molecule has 1 amide bonds. The Balaban J connectivity index is 2.75. The van der Waals surface area contributed by atoms with Gasteiger partial charge in [0.05, 0.1) is 11.9 Å². The molecule has 3 N–H and O–H groups in total. The van der Waals surface area contributed by atoms with Gasteiger partial charge in [-0.1, -0.05) is 0 Å². The Morgan fingerprint density at radius 3 is 2.92 bits per heavy atom. The second-order valence-electron chi connectivity index (χ2n) is 2.56. The topological polar surface area (TPSA) is 82.5 Å². The molecule has 0 radical (unpaired) electrons. The molecule has 1 aromatic heterocycles. The van der Waals surface area contributed by atoms with Crippen LogP contribution in [-0.4, -0.2) is 27.2 Å². The number of nitrogens with zero attached hydrogens (tertiary/aromatic N) is 1. The Labute approximate surface area is 75.0 Å². The molecule has 13 heavy (non-hydrogen) atoms. The highest BCUT2D eigenvalue weighted by Gasteiger charge is 2.10. The summed E-state index contributed by atoms with van der Waals surface area (Å²) >= 11 is 0. The number of aliphatic hydroxyl groups excluding tert-OH is 1. The third kappa shape index (κ3) is 2.41. The summed E-state index contributed by atoms with van der Waals surface area (Å²) in [6.45, 7) is 1.34. The average molecular weight is 182 g/mol. The number of aromatic nitrogens is 1. The van der Waals surface area contributed by atoms with Crippen molar-refractivity contribution in [2.45, 2.75) is 13.0 Å². The summed E-state index contributed by atoms with van der Waals surface area (Å²) in [7, 11) is 0. The van der Waals surface area contributed by atoms with Gasteiger partial charge in [0.2, 0.25) is 0 Å². The number of rotatable bonds is 2. The van der Waals surface area contributed by atoms with E-state index in [1.807, 2.05) is 0 Å². The maximum Gasteiger partial charge on any atom is 0.253 e. The van der Waals surface area contributed by atoms with E-state index in [0.29, 0.717) is 0 Å². The SMILES string of the molecule is C[C@H](O)C(=O)Nc1ccncc1O. The maximum absolute atomic E-state index is 11.0. The van der Waals surface area contributed by atoms with Crippen molar-refractivity contribution in [1.29, 1.82) is 0 Å². The Bertz CT molecular complexity index is 312. The predicted molar refractivity (Wildman–Crippen MR) is 46.2 cm³/mol. The van der Waals surface area contributed by atoms with Gasteiger partial charge in [-0.25, -0.2) is 0 Å². The number of amides is 1. The Morgan fingerprint density at radius 2 is 2.38 bits per heavy atom. The van der Waals surface area contributed by atoms with Crippen LogP contribution in [0.2, 0.25) is 0 Å². The standard InChI is InChI=1S/C8H10N2O3/c1-5(11)8(13)10-6-2-3-9-4-7(6)12/h2-5,11-12H,1H3,(H,9,10,13)/t5-/m0/s1. The van der Waals surface area contributed by atoms with Crippen molar-refractivity contribution in [2.24, 2.45) is 0 Å². The summed E-state index contributed by atoms with van der Waals surface area (Å²) in [6.07, 6.45) is 1.53. The molecule has 1 heterocycles. The lowest BCUT2D eigenvalue weighted by Crippen LogP contribution is -2.24. The second-order valence-corrected chi connectivity index (χ2v) is 2.56. The van der Waals surface area contributed by atoms with Gasteiger partial charge in [-0.2, -0.15) is 0 Å². The zero-order valence-corrected chi connectivity index (χ0v) is 7.06. The van der Waals surface area contributed by atoms with Gasteiger partial charge in [0.1, 0.15) is 6.10 Å². The largest absolute Gasteiger partial charge is 0.504 e. The fraction of sp³-hybridized carbons (Fsp3) is 0.250. The molecule has 0 aliphatic carbocycles. The molecular weight excluding hydrogens is 172 g/mol. The van der Waals surface area contributed by atoms with Crippen LogP contribution >= 0.6 is 0 Å². The number of carbonyl (C=O) groups is 1. The van der Waals surface area contributed by atoms with Crippen molar-refractivity contribution >= 4 is 11.6 Å². The number of nitrogens with one attached hydrogen (secondary N) is 1. The van der Waals surface area contributed by atoms with E-state index in [0.717, 1.165) is 0 Å². The minimum atomic E-state index is -1.10. The third-order valence-corrected chi connectivity index (χ3v) is 1.44. The van der Waals surface area contributed by atoms with Gasteiger partial charge in [0.25, 0.3) is 5.91 Å². The molecule has 1 aromatic rings. The first-order valence-electron chi connectivity index (χ1n) is 3.73. The first-order chi connectivity index (χ1) is 6.11. The number of hydrogen-bond acceptors (Lipinski definition) is 4. The summed E-state index contributed by atoms with van der Waals surface area (Å²) in [5.74, 6) is -0.696. The van der Waals surface area contributed by atoms with Crippen LogP contribution in [0.4, 0.5) is 5.69 Å². The van der Waals surface area contributed by atoms with Crippen LogP contribution in [0.3, 0.4) is 0 Å². The van der Waals surface area contributed by atoms with Crippen LogP contribution in [0.1, 0.15) is 6.92 Å². The number of carbonyl (C=O) groups excluding carboxylic acids is 1. The molecule has 0 spiro atoms. The molecule has 0 aromatic carbocycles. The molecule has 5 nitrogen and oxygen atoms in total. The summed E-state index contributed by atoms with van der Waals surface area (Å²) < 4.78 is 0. The number of pyridine rings is 1. The highest BCUT2D eigenvalue weighted by Crippen LogP contribution is 2.19. The minimum Gasteiger partial charge on any atom is -0.504 e. The molecule has 1 rings (SSSR count). The molecule has 1 atom stereocenters. The van der Waals surface area contributed by atoms with Gasteiger partial charge in [0.15, 0.2) is 5.75 Å². The lowest BCUT2D eigenvalue weighted by Gasteiger charge is -2.07. The van der Waals surface area contributed by atoms with Crippen LogP contribution in [0.5, 0.6) is 5.75 Å². The lowest BCUT2D eigenvalue weighted by atomic mass is 10.3. The quantitative estimate of drug-likeness (QED) is 0.606. The van der Waals surface area contributed by atoms with Crippen LogP contribution in [0, 0.1) is 0 Å². The maximum atomic E-state index is 11.0. The first-order valence-corrected chi connectivity index (χ1v) is 3.73. The molecule has 0 aliphatic rings. The van der Waals surface area contributed by atoms with Crippen LogP contribution in [-0.2, 0) is 4.79 Å². The summed E-state index contributed by atoms with van der Waals surface area (Å²) in [6, 6.07) is 1.44. The fourth-order valence-corrected chi connectivity index (χ4v) is 0.729. The third-order valence-electron chi connectivity index (χ3n) is 1.44. The zero-order valence-electron chi connectivity index (χ0n) is 7.06. The molecular formula is C8H10N2O3. The van der Waals surface area contributed by atoms with E-state index in [1.54, 1.807) is 0 Å². The number of aliphatic hydroxyl groups is 1. The van der Waals surface area contributed by atoms with E-state index in [9.17, 15) is 9.90 Å². The molecule has 0 unspecified atom stereocenters.